The number of esters is 1. The highest BCUT2D eigenvalue weighted by molar-refractivity contribution is 6.90. The molecule has 0 aliphatic heterocycles. The topological polar surface area (TPSA) is 26.3 Å². The third kappa shape index (κ3) is 3.07. The third-order valence-corrected chi connectivity index (χ3v) is 7.02. The van der Waals surface area contributed by atoms with Crippen molar-refractivity contribution in [3.8, 4) is 0 Å². The molecule has 2 nitrogen and oxygen atoms in total. The van der Waals surface area contributed by atoms with Crippen molar-refractivity contribution in [3.05, 3.63) is 43.0 Å². The number of carbonyl (C=O) groups excluding carboxylic acids is 1. The molecule has 1 atom stereocenters. The SMILES string of the molecule is C=CC(=O)OC[Si](C)(CC)c1ccccc1. The molecule has 0 bridgehead atoms. The zero-order chi connectivity index (χ0) is 12.0. The van der Waals surface area contributed by atoms with E-state index in [0.29, 0.717) is 6.23 Å². The fourth-order valence-electron chi connectivity index (χ4n) is 1.52. The summed E-state index contributed by atoms with van der Waals surface area (Å²) in [5, 5.41) is 1.33. The van der Waals surface area contributed by atoms with E-state index in [-0.39, 0.29) is 5.97 Å². The number of hydrogen-bond donors (Lipinski definition) is 0. The van der Waals surface area contributed by atoms with Crippen molar-refractivity contribution in [2.75, 3.05) is 6.23 Å². The zero-order valence-electron chi connectivity index (χ0n) is 9.90. The fourth-order valence-corrected chi connectivity index (χ4v) is 3.76. The van der Waals surface area contributed by atoms with Crippen molar-refractivity contribution in [1.29, 1.82) is 0 Å². The summed E-state index contributed by atoms with van der Waals surface area (Å²) in [5.41, 5.74) is 0. The number of hydrogen-bond acceptors (Lipinski definition) is 2. The first-order chi connectivity index (χ1) is 7.62. The van der Waals surface area contributed by atoms with E-state index in [4.69, 9.17) is 4.74 Å². The molecule has 0 fully saturated rings. The molecule has 16 heavy (non-hydrogen) atoms. The summed E-state index contributed by atoms with van der Waals surface area (Å²) in [4.78, 5) is 11.1. The lowest BCUT2D eigenvalue weighted by atomic mass is 10.4. The van der Waals surface area contributed by atoms with Gasteiger partial charge in [-0.05, 0) is 0 Å². The molecule has 0 saturated carbocycles. The summed E-state index contributed by atoms with van der Waals surface area (Å²) in [6.45, 7) is 7.79. The van der Waals surface area contributed by atoms with Gasteiger partial charge in [0.15, 0.2) is 0 Å². The first kappa shape index (κ1) is 12.7. The Morgan fingerprint density at radius 1 is 1.44 bits per heavy atom. The molecule has 0 spiro atoms. The van der Waals surface area contributed by atoms with Crippen molar-refractivity contribution in [1.82, 2.24) is 0 Å². The van der Waals surface area contributed by atoms with Crippen molar-refractivity contribution in [2.45, 2.75) is 19.5 Å². The number of ether oxygens (including phenoxy) is 1. The molecule has 0 saturated heterocycles. The molecule has 0 aromatic heterocycles. The number of benzene rings is 1. The Morgan fingerprint density at radius 3 is 2.56 bits per heavy atom. The lowest BCUT2D eigenvalue weighted by Gasteiger charge is -2.25. The van der Waals surface area contributed by atoms with Crippen LogP contribution in [0.2, 0.25) is 12.6 Å². The number of rotatable bonds is 5. The molecular weight excluding hydrogens is 216 g/mol. The molecule has 1 unspecified atom stereocenters. The zero-order valence-corrected chi connectivity index (χ0v) is 10.9. The quantitative estimate of drug-likeness (QED) is 0.444. The Hall–Kier alpha value is -1.35. The third-order valence-electron chi connectivity index (χ3n) is 2.95. The molecule has 0 aliphatic carbocycles. The molecule has 1 rings (SSSR count). The lowest BCUT2D eigenvalue weighted by molar-refractivity contribution is -0.136. The maximum atomic E-state index is 11.1. The lowest BCUT2D eigenvalue weighted by Crippen LogP contribution is -2.49. The molecule has 0 aliphatic rings. The van der Waals surface area contributed by atoms with E-state index < -0.39 is 8.07 Å². The highest BCUT2D eigenvalue weighted by Crippen LogP contribution is 2.10. The minimum absolute atomic E-state index is 0.330. The van der Waals surface area contributed by atoms with Crippen LogP contribution in [0.1, 0.15) is 6.92 Å². The van der Waals surface area contributed by atoms with Crippen molar-refractivity contribution in [2.24, 2.45) is 0 Å². The van der Waals surface area contributed by atoms with E-state index >= 15 is 0 Å². The predicted octanol–water partition coefficient (Wildman–Crippen LogP) is 2.26. The van der Waals surface area contributed by atoms with Crippen LogP contribution in [0, 0.1) is 0 Å². The van der Waals surface area contributed by atoms with Crippen LogP contribution in [0.4, 0.5) is 0 Å². The summed E-state index contributed by atoms with van der Waals surface area (Å²) in [6, 6.07) is 11.4. The van der Waals surface area contributed by atoms with Gasteiger partial charge in [0.25, 0.3) is 0 Å². The maximum Gasteiger partial charge on any atom is 0.329 e. The minimum Gasteiger partial charge on any atom is -0.466 e. The van der Waals surface area contributed by atoms with Gasteiger partial charge in [0.2, 0.25) is 0 Å². The summed E-state index contributed by atoms with van der Waals surface area (Å²) in [6.07, 6.45) is 1.74. The second-order valence-corrected chi connectivity index (χ2v) is 8.79. The molecule has 0 radical (unpaired) electrons. The fraction of sp³-hybridized carbons (Fsp3) is 0.308. The molecular formula is C13H18O2Si. The molecule has 0 N–H and O–H groups in total. The monoisotopic (exact) mass is 234 g/mol. The van der Waals surface area contributed by atoms with Crippen LogP contribution in [-0.4, -0.2) is 20.3 Å². The largest absolute Gasteiger partial charge is 0.466 e. The second-order valence-electron chi connectivity index (χ2n) is 4.09. The molecule has 0 heterocycles. The van der Waals surface area contributed by atoms with Gasteiger partial charge in [0.1, 0.15) is 8.07 Å². The van der Waals surface area contributed by atoms with Crippen molar-refractivity contribution >= 4 is 19.2 Å². The van der Waals surface area contributed by atoms with Gasteiger partial charge in [-0.15, -0.1) is 0 Å². The maximum absolute atomic E-state index is 11.1. The van der Waals surface area contributed by atoms with Crippen LogP contribution >= 0.6 is 0 Å². The van der Waals surface area contributed by atoms with Crippen LogP contribution in [0.3, 0.4) is 0 Å². The Kier molecular flexibility index (Phi) is 4.49. The van der Waals surface area contributed by atoms with E-state index in [2.05, 4.69) is 32.2 Å². The van der Waals surface area contributed by atoms with Crippen molar-refractivity contribution in [3.63, 3.8) is 0 Å². The van der Waals surface area contributed by atoms with Crippen LogP contribution in [0.5, 0.6) is 0 Å². The average Bonchev–Trinajstić information content (AvgIpc) is 2.36. The Morgan fingerprint density at radius 2 is 2.06 bits per heavy atom. The first-order valence-corrected chi connectivity index (χ1v) is 8.38. The highest BCUT2D eigenvalue weighted by atomic mass is 28.3. The molecule has 1 aromatic rings. The summed E-state index contributed by atoms with van der Waals surface area (Å²) >= 11 is 0. The predicted molar refractivity (Wildman–Crippen MR) is 69.3 cm³/mol. The van der Waals surface area contributed by atoms with Gasteiger partial charge in [0.05, 0.1) is 6.23 Å². The van der Waals surface area contributed by atoms with Gasteiger partial charge in [0, 0.05) is 6.08 Å². The molecule has 3 heteroatoms. The Bertz CT molecular complexity index is 361. The molecule has 0 amide bonds. The van der Waals surface area contributed by atoms with E-state index in [9.17, 15) is 4.79 Å². The average molecular weight is 234 g/mol. The van der Waals surface area contributed by atoms with E-state index in [1.165, 1.54) is 11.3 Å². The van der Waals surface area contributed by atoms with E-state index in [0.717, 1.165) is 6.04 Å². The van der Waals surface area contributed by atoms with Gasteiger partial charge in [-0.25, -0.2) is 4.79 Å². The minimum atomic E-state index is -1.67. The van der Waals surface area contributed by atoms with Gasteiger partial charge >= 0.3 is 5.97 Å². The van der Waals surface area contributed by atoms with Gasteiger partial charge in [-0.3, -0.25) is 0 Å². The van der Waals surface area contributed by atoms with Crippen LogP contribution < -0.4 is 5.19 Å². The van der Waals surface area contributed by atoms with Gasteiger partial charge < -0.3 is 4.74 Å². The molecule has 1 aromatic carbocycles. The highest BCUT2D eigenvalue weighted by Gasteiger charge is 2.28. The molecule has 86 valence electrons. The smallest absolute Gasteiger partial charge is 0.329 e. The Balaban J connectivity index is 2.78. The first-order valence-electron chi connectivity index (χ1n) is 5.47. The van der Waals surface area contributed by atoms with Gasteiger partial charge in [-0.2, -0.15) is 0 Å². The van der Waals surface area contributed by atoms with Crippen LogP contribution in [0.15, 0.2) is 43.0 Å². The van der Waals surface area contributed by atoms with Gasteiger partial charge in [-0.1, -0.05) is 61.6 Å². The summed E-state index contributed by atoms with van der Waals surface area (Å²) in [5.74, 6) is -0.330. The summed E-state index contributed by atoms with van der Waals surface area (Å²) < 4.78 is 5.21. The normalized spacial score (nSPS) is 13.9. The van der Waals surface area contributed by atoms with Crippen molar-refractivity contribution < 1.29 is 9.53 Å². The van der Waals surface area contributed by atoms with E-state index in [1.54, 1.807) is 0 Å². The van der Waals surface area contributed by atoms with E-state index in [1.807, 2.05) is 18.2 Å². The van der Waals surface area contributed by atoms with Crippen LogP contribution in [-0.2, 0) is 9.53 Å². The number of carbonyl (C=O) groups is 1. The van der Waals surface area contributed by atoms with Crippen LogP contribution in [0.25, 0.3) is 0 Å². The second kappa shape index (κ2) is 5.65. The summed E-state index contributed by atoms with van der Waals surface area (Å²) in [7, 11) is -1.67. The Labute approximate surface area is 98.0 Å². The standard InChI is InChI=1S/C13H18O2Si/c1-4-13(14)15-11-16(3,5-2)12-9-7-6-8-10-12/h4,6-10H,1,5,11H2,2-3H3.